The van der Waals surface area contributed by atoms with Gasteiger partial charge in [-0.1, -0.05) is 36.9 Å². The number of carbonyl (C=O) groups excluding carboxylic acids is 1. The van der Waals surface area contributed by atoms with E-state index in [0.717, 1.165) is 44.7 Å². The van der Waals surface area contributed by atoms with Gasteiger partial charge in [0.1, 0.15) is 5.75 Å². The van der Waals surface area contributed by atoms with Crippen LogP contribution in [-0.4, -0.2) is 37.8 Å². The lowest BCUT2D eigenvalue weighted by molar-refractivity contribution is -0.115. The number of aromatic nitrogens is 4. The van der Waals surface area contributed by atoms with Crippen LogP contribution in [0, 0.1) is 13.8 Å². The maximum atomic E-state index is 13.2. The van der Waals surface area contributed by atoms with Crippen LogP contribution in [0.1, 0.15) is 24.5 Å². The highest BCUT2D eigenvalue weighted by molar-refractivity contribution is 8.00. The van der Waals surface area contributed by atoms with Gasteiger partial charge in [0.25, 0.3) is 0 Å². The minimum Gasteiger partial charge on any atom is -0.497 e. The average molecular weight is 504 g/mol. The first kappa shape index (κ1) is 23.3. The van der Waals surface area contributed by atoms with E-state index < -0.39 is 0 Å². The van der Waals surface area contributed by atoms with Crippen LogP contribution in [0.15, 0.2) is 59.1 Å². The second-order valence-corrected chi connectivity index (χ2v) is 10.3. The van der Waals surface area contributed by atoms with Crippen molar-refractivity contribution in [3.8, 4) is 17.0 Å². The van der Waals surface area contributed by atoms with Crippen LogP contribution in [0.5, 0.6) is 5.75 Å². The third kappa shape index (κ3) is 4.49. The van der Waals surface area contributed by atoms with Gasteiger partial charge in [0, 0.05) is 16.3 Å². The van der Waals surface area contributed by atoms with Gasteiger partial charge >= 0.3 is 0 Å². The van der Waals surface area contributed by atoms with Crippen molar-refractivity contribution in [1.29, 1.82) is 0 Å². The summed E-state index contributed by atoms with van der Waals surface area (Å²) >= 11 is 2.84. The molecule has 7 nitrogen and oxygen atoms in total. The first-order chi connectivity index (χ1) is 17.0. The molecule has 9 heteroatoms. The van der Waals surface area contributed by atoms with Crippen LogP contribution in [0.25, 0.3) is 27.8 Å². The molecule has 3 heterocycles. The number of thioether (sulfide) groups is 1. The molecule has 0 aliphatic heterocycles. The Hall–Kier alpha value is -3.43. The fourth-order valence-corrected chi connectivity index (χ4v) is 5.76. The second kappa shape index (κ2) is 9.67. The summed E-state index contributed by atoms with van der Waals surface area (Å²) in [5, 5.41) is 15.9. The molecule has 2 aromatic carbocycles. The van der Waals surface area contributed by atoms with Gasteiger partial charge in [-0.2, -0.15) is 0 Å². The van der Waals surface area contributed by atoms with Gasteiger partial charge in [0.15, 0.2) is 15.9 Å². The Bertz CT molecular complexity index is 1520. The summed E-state index contributed by atoms with van der Waals surface area (Å²) < 4.78 is 7.28. The first-order valence-electron chi connectivity index (χ1n) is 11.3. The van der Waals surface area contributed by atoms with Crippen molar-refractivity contribution in [2.75, 3.05) is 12.4 Å². The molecule has 1 amide bonds. The number of ether oxygens (including phenoxy) is 1. The minimum atomic E-state index is -0.337. The number of anilines is 1. The molecule has 0 saturated carbocycles. The van der Waals surface area contributed by atoms with Gasteiger partial charge in [-0.25, -0.2) is 4.98 Å². The van der Waals surface area contributed by atoms with Gasteiger partial charge in [-0.15, -0.1) is 21.5 Å². The summed E-state index contributed by atoms with van der Waals surface area (Å²) in [4.78, 5) is 17.8. The van der Waals surface area contributed by atoms with Crippen molar-refractivity contribution >= 4 is 50.7 Å². The average Bonchev–Trinajstić information content (AvgIpc) is 3.49. The Morgan fingerprint density at radius 2 is 1.94 bits per heavy atom. The molecule has 1 unspecified atom stereocenters. The van der Waals surface area contributed by atoms with E-state index in [1.165, 1.54) is 23.1 Å². The van der Waals surface area contributed by atoms with Crippen LogP contribution in [0.4, 0.5) is 5.13 Å². The van der Waals surface area contributed by atoms with Crippen molar-refractivity contribution in [2.24, 2.45) is 0 Å². The highest BCUT2D eigenvalue weighted by atomic mass is 32.2. The summed E-state index contributed by atoms with van der Waals surface area (Å²) in [6.45, 7) is 6.17. The van der Waals surface area contributed by atoms with Gasteiger partial charge in [0.05, 0.1) is 23.6 Å². The van der Waals surface area contributed by atoms with Crippen LogP contribution in [-0.2, 0) is 4.79 Å². The fraction of sp³-hybridized carbons (Fsp3) is 0.231. The molecule has 0 spiro atoms. The number of benzene rings is 2. The molecular formula is C26H25N5O2S2. The van der Waals surface area contributed by atoms with E-state index in [1.54, 1.807) is 7.11 Å². The third-order valence-corrected chi connectivity index (χ3v) is 7.99. The number of hydrogen-bond donors (Lipinski definition) is 1. The highest BCUT2D eigenvalue weighted by Gasteiger charge is 2.23. The third-order valence-electron chi connectivity index (χ3n) is 5.92. The predicted molar refractivity (Wildman–Crippen MR) is 143 cm³/mol. The lowest BCUT2D eigenvalue weighted by Gasteiger charge is -2.14. The zero-order chi connectivity index (χ0) is 24.5. The normalized spacial score (nSPS) is 12.2. The number of para-hydroxylation sites is 1. The van der Waals surface area contributed by atoms with Crippen molar-refractivity contribution in [2.45, 2.75) is 37.6 Å². The number of nitrogens with zero attached hydrogens (tertiary/aromatic N) is 4. The molecule has 0 radical (unpaired) electrons. The molecule has 3 aromatic heterocycles. The smallest absolute Gasteiger partial charge is 0.239 e. The SMILES string of the molecule is CCC(Sc1nnc2cc(C)c3cccc(C)c3n12)C(=O)Nc1nc(-c2ccc(OC)cc2)cs1. The van der Waals surface area contributed by atoms with Gasteiger partial charge in [-0.3, -0.25) is 9.20 Å². The Balaban J connectivity index is 1.38. The lowest BCUT2D eigenvalue weighted by Crippen LogP contribution is -2.24. The van der Waals surface area contributed by atoms with E-state index >= 15 is 0 Å². The van der Waals surface area contributed by atoms with Crippen molar-refractivity contribution < 1.29 is 9.53 Å². The molecule has 0 aliphatic carbocycles. The topological polar surface area (TPSA) is 81.4 Å². The molecule has 1 N–H and O–H groups in total. The van der Waals surface area contributed by atoms with Crippen molar-refractivity contribution in [3.63, 3.8) is 0 Å². The monoisotopic (exact) mass is 503 g/mol. The van der Waals surface area contributed by atoms with Gasteiger partial charge < -0.3 is 10.1 Å². The zero-order valence-corrected chi connectivity index (χ0v) is 21.5. The number of methoxy groups -OCH3 is 1. The summed E-state index contributed by atoms with van der Waals surface area (Å²) in [7, 11) is 1.64. The number of pyridine rings is 1. The molecule has 0 saturated heterocycles. The maximum absolute atomic E-state index is 13.2. The maximum Gasteiger partial charge on any atom is 0.239 e. The number of carbonyl (C=O) groups is 1. The molecule has 1 atom stereocenters. The largest absolute Gasteiger partial charge is 0.497 e. The molecule has 5 aromatic rings. The van der Waals surface area contributed by atoms with Crippen molar-refractivity contribution in [3.05, 3.63) is 65.0 Å². The molecule has 0 aliphatic rings. The lowest BCUT2D eigenvalue weighted by atomic mass is 10.1. The molecular weight excluding hydrogens is 478 g/mol. The Morgan fingerprint density at radius 3 is 2.69 bits per heavy atom. The zero-order valence-electron chi connectivity index (χ0n) is 19.9. The summed E-state index contributed by atoms with van der Waals surface area (Å²) in [6, 6.07) is 16.0. The van der Waals surface area contributed by atoms with E-state index in [9.17, 15) is 4.79 Å². The first-order valence-corrected chi connectivity index (χ1v) is 13.1. The minimum absolute atomic E-state index is 0.0991. The fourth-order valence-electron chi connectivity index (χ4n) is 4.07. The van der Waals surface area contributed by atoms with E-state index in [-0.39, 0.29) is 11.2 Å². The number of aryl methyl sites for hydroxylation is 2. The quantitative estimate of drug-likeness (QED) is 0.269. The number of thiazole rings is 1. The molecule has 178 valence electrons. The summed E-state index contributed by atoms with van der Waals surface area (Å²) in [5.74, 6) is 0.692. The number of nitrogens with one attached hydrogen (secondary N) is 1. The van der Waals surface area contributed by atoms with E-state index in [0.29, 0.717) is 16.7 Å². The standard InChI is InChI=1S/C26H25N5O2S2/c1-5-21(24(32)28-25-27-20(14-34-25)17-9-11-18(33-4)12-10-17)35-26-30-29-22-13-16(3)19-8-6-7-15(2)23(19)31(22)26/h6-14,21H,5H2,1-4H3,(H,27,28,32). The van der Waals surface area contributed by atoms with Crippen LogP contribution < -0.4 is 10.1 Å². The van der Waals surface area contributed by atoms with E-state index in [1.807, 2.05) is 42.6 Å². The molecule has 0 bridgehead atoms. The van der Waals surface area contributed by atoms with Crippen molar-refractivity contribution in [1.82, 2.24) is 19.6 Å². The number of rotatable bonds is 7. The Morgan fingerprint density at radius 1 is 1.14 bits per heavy atom. The second-order valence-electron chi connectivity index (χ2n) is 8.25. The highest BCUT2D eigenvalue weighted by Crippen LogP contribution is 2.32. The predicted octanol–water partition coefficient (Wildman–Crippen LogP) is 6.14. The molecule has 5 rings (SSSR count). The number of fused-ring (bicyclic) bond motifs is 3. The van der Waals surface area contributed by atoms with Gasteiger partial charge in [-0.05, 0) is 61.7 Å². The van der Waals surface area contributed by atoms with E-state index in [4.69, 9.17) is 4.74 Å². The molecule has 0 fully saturated rings. The summed E-state index contributed by atoms with van der Waals surface area (Å²) in [6.07, 6.45) is 0.644. The summed E-state index contributed by atoms with van der Waals surface area (Å²) in [5.41, 5.74) is 5.94. The van der Waals surface area contributed by atoms with E-state index in [2.05, 4.69) is 56.9 Å². The number of amides is 1. The molecule has 35 heavy (non-hydrogen) atoms. The Kier molecular flexibility index (Phi) is 6.44. The number of hydrogen-bond acceptors (Lipinski definition) is 7. The van der Waals surface area contributed by atoms with Crippen LogP contribution >= 0.6 is 23.1 Å². The van der Waals surface area contributed by atoms with Gasteiger partial charge in [0.2, 0.25) is 5.91 Å². The Labute approximate surface area is 211 Å². The van der Waals surface area contributed by atoms with Crippen LogP contribution in [0.2, 0.25) is 0 Å². The van der Waals surface area contributed by atoms with Crippen LogP contribution in [0.3, 0.4) is 0 Å².